The number of fused-ring (bicyclic) bond motifs is 1. The summed E-state index contributed by atoms with van der Waals surface area (Å²) in [7, 11) is 1.61. The van der Waals surface area contributed by atoms with E-state index in [1.165, 1.54) is 11.3 Å². The van der Waals surface area contributed by atoms with Crippen LogP contribution in [-0.4, -0.2) is 37.8 Å². The summed E-state index contributed by atoms with van der Waals surface area (Å²) < 4.78 is 11.6. The highest BCUT2D eigenvalue weighted by molar-refractivity contribution is 7.22. The van der Waals surface area contributed by atoms with Gasteiger partial charge in [-0.05, 0) is 25.0 Å². The molecule has 3 N–H and O–H groups in total. The molecule has 1 aliphatic rings. The number of anilines is 1. The number of hydrogen-bond acceptors (Lipinski definition) is 6. The van der Waals surface area contributed by atoms with Crippen molar-refractivity contribution >= 4 is 45.0 Å². The van der Waals surface area contributed by atoms with Crippen molar-refractivity contribution in [1.29, 1.82) is 0 Å². The maximum atomic E-state index is 12.6. The second kappa shape index (κ2) is 7.44. The van der Waals surface area contributed by atoms with Crippen LogP contribution < -0.4 is 15.8 Å². The molecule has 0 saturated carbocycles. The number of hydrogen-bond donors (Lipinski definition) is 2. The first-order valence-electron chi connectivity index (χ1n) is 7.21. The van der Waals surface area contributed by atoms with Crippen LogP contribution in [-0.2, 0) is 9.53 Å². The standard InChI is InChI=1S/C15H19N3O3S.ClH/c1-20-10-3-2-4-11-12(10)17-14(22-11)18-13(19)15(9-16)5-7-21-8-6-15;/h2-4H,5-9,16H2,1H3,(H,17,18,19);1H. The van der Waals surface area contributed by atoms with Crippen molar-refractivity contribution < 1.29 is 14.3 Å². The van der Waals surface area contributed by atoms with Crippen LogP contribution in [0.25, 0.3) is 10.2 Å². The van der Waals surface area contributed by atoms with Gasteiger partial charge in [-0.1, -0.05) is 17.4 Å². The summed E-state index contributed by atoms with van der Waals surface area (Å²) in [6, 6.07) is 5.72. The van der Waals surface area contributed by atoms with Crippen molar-refractivity contribution in [1.82, 2.24) is 4.98 Å². The average molecular weight is 358 g/mol. The summed E-state index contributed by atoms with van der Waals surface area (Å²) in [4.78, 5) is 17.1. The van der Waals surface area contributed by atoms with Gasteiger partial charge in [-0.15, -0.1) is 12.4 Å². The van der Waals surface area contributed by atoms with Gasteiger partial charge in [-0.3, -0.25) is 4.79 Å². The van der Waals surface area contributed by atoms with Crippen LogP contribution in [0, 0.1) is 5.41 Å². The lowest BCUT2D eigenvalue weighted by molar-refractivity contribution is -0.130. The number of ether oxygens (including phenoxy) is 2. The lowest BCUT2D eigenvalue weighted by atomic mass is 9.79. The zero-order chi connectivity index (χ0) is 15.6. The van der Waals surface area contributed by atoms with E-state index in [2.05, 4.69) is 10.3 Å². The first kappa shape index (κ1) is 17.9. The van der Waals surface area contributed by atoms with E-state index >= 15 is 0 Å². The van der Waals surface area contributed by atoms with Crippen molar-refractivity contribution in [2.75, 3.05) is 32.2 Å². The molecule has 3 rings (SSSR count). The fraction of sp³-hybridized carbons (Fsp3) is 0.467. The fourth-order valence-electron chi connectivity index (χ4n) is 2.66. The van der Waals surface area contributed by atoms with Gasteiger partial charge in [0.2, 0.25) is 5.91 Å². The van der Waals surface area contributed by atoms with Gasteiger partial charge in [0.25, 0.3) is 0 Å². The number of rotatable bonds is 4. The molecule has 1 fully saturated rings. The Morgan fingerprint density at radius 3 is 2.87 bits per heavy atom. The maximum absolute atomic E-state index is 12.6. The maximum Gasteiger partial charge on any atom is 0.233 e. The largest absolute Gasteiger partial charge is 0.494 e. The minimum Gasteiger partial charge on any atom is -0.494 e. The first-order valence-corrected chi connectivity index (χ1v) is 8.03. The van der Waals surface area contributed by atoms with Crippen LogP contribution in [0.3, 0.4) is 0 Å². The third-order valence-electron chi connectivity index (χ3n) is 4.14. The molecule has 1 aromatic heterocycles. The number of nitrogens with two attached hydrogens (primary N) is 1. The van der Waals surface area contributed by atoms with Crippen LogP contribution in [0.5, 0.6) is 5.75 Å². The van der Waals surface area contributed by atoms with Crippen molar-refractivity contribution in [3.8, 4) is 5.75 Å². The minimum absolute atomic E-state index is 0. The third kappa shape index (κ3) is 3.42. The van der Waals surface area contributed by atoms with E-state index < -0.39 is 5.41 Å². The molecule has 2 heterocycles. The molecule has 0 spiro atoms. The molecule has 0 bridgehead atoms. The number of nitrogens with one attached hydrogen (secondary N) is 1. The van der Waals surface area contributed by atoms with Crippen LogP contribution >= 0.6 is 23.7 Å². The summed E-state index contributed by atoms with van der Waals surface area (Å²) in [6.07, 6.45) is 1.28. The van der Waals surface area contributed by atoms with E-state index in [-0.39, 0.29) is 18.3 Å². The Labute approximate surface area is 144 Å². The molecule has 0 atom stereocenters. The lowest BCUT2D eigenvalue weighted by Crippen LogP contribution is -2.46. The summed E-state index contributed by atoms with van der Waals surface area (Å²) >= 11 is 1.43. The minimum atomic E-state index is -0.555. The lowest BCUT2D eigenvalue weighted by Gasteiger charge is -2.34. The van der Waals surface area contributed by atoms with E-state index in [0.717, 1.165) is 10.2 Å². The fourth-order valence-corrected chi connectivity index (χ4v) is 3.54. The van der Waals surface area contributed by atoms with Crippen LogP contribution in [0.4, 0.5) is 5.13 Å². The SMILES string of the molecule is COc1cccc2sc(NC(=O)C3(CN)CCOCC3)nc12.Cl. The Bertz CT molecular complexity index is 686. The van der Waals surface area contributed by atoms with Gasteiger partial charge in [0.05, 0.1) is 17.2 Å². The van der Waals surface area contributed by atoms with Gasteiger partial charge in [0, 0.05) is 19.8 Å². The topological polar surface area (TPSA) is 86.5 Å². The number of carbonyl (C=O) groups is 1. The van der Waals surface area contributed by atoms with Gasteiger partial charge >= 0.3 is 0 Å². The molecular formula is C15H20ClN3O3S. The molecule has 0 unspecified atom stereocenters. The van der Waals surface area contributed by atoms with Crippen molar-refractivity contribution in [3.05, 3.63) is 18.2 Å². The number of carbonyl (C=O) groups excluding carboxylic acids is 1. The average Bonchev–Trinajstić information content (AvgIpc) is 2.97. The number of benzene rings is 1. The van der Waals surface area contributed by atoms with Crippen molar-refractivity contribution in [3.63, 3.8) is 0 Å². The molecule has 2 aromatic rings. The van der Waals surface area contributed by atoms with Crippen LogP contribution in [0.2, 0.25) is 0 Å². The molecule has 1 aromatic carbocycles. The first-order chi connectivity index (χ1) is 10.7. The van der Waals surface area contributed by atoms with Crippen molar-refractivity contribution in [2.24, 2.45) is 11.1 Å². The Hall–Kier alpha value is -1.41. The number of aromatic nitrogens is 1. The molecule has 1 saturated heterocycles. The highest BCUT2D eigenvalue weighted by Crippen LogP contribution is 2.35. The van der Waals surface area contributed by atoms with Crippen LogP contribution in [0.15, 0.2) is 18.2 Å². The quantitative estimate of drug-likeness (QED) is 0.877. The normalized spacial score (nSPS) is 16.6. The molecule has 1 amide bonds. The third-order valence-corrected chi connectivity index (χ3v) is 5.08. The van der Waals surface area contributed by atoms with Gasteiger partial charge < -0.3 is 20.5 Å². The Morgan fingerprint density at radius 2 is 2.22 bits per heavy atom. The molecule has 0 radical (unpaired) electrons. The van der Waals surface area contributed by atoms with Crippen LogP contribution in [0.1, 0.15) is 12.8 Å². The van der Waals surface area contributed by atoms with E-state index in [1.807, 2.05) is 18.2 Å². The number of methoxy groups -OCH3 is 1. The molecule has 1 aliphatic heterocycles. The number of para-hydroxylation sites is 1. The highest BCUT2D eigenvalue weighted by atomic mass is 35.5. The second-order valence-electron chi connectivity index (χ2n) is 5.38. The smallest absolute Gasteiger partial charge is 0.233 e. The van der Waals surface area contributed by atoms with E-state index in [0.29, 0.717) is 43.5 Å². The number of nitrogens with zero attached hydrogens (tertiary/aromatic N) is 1. The zero-order valence-electron chi connectivity index (χ0n) is 12.8. The van der Waals surface area contributed by atoms with Gasteiger partial charge in [-0.25, -0.2) is 4.98 Å². The molecule has 8 heteroatoms. The Balaban J connectivity index is 0.00000192. The molecule has 0 aliphatic carbocycles. The monoisotopic (exact) mass is 357 g/mol. The summed E-state index contributed by atoms with van der Waals surface area (Å²) in [5, 5.41) is 3.49. The molecule has 23 heavy (non-hydrogen) atoms. The molecule has 126 valence electrons. The van der Waals surface area contributed by atoms with E-state index in [4.69, 9.17) is 15.2 Å². The van der Waals surface area contributed by atoms with Gasteiger partial charge in [0.1, 0.15) is 11.3 Å². The summed E-state index contributed by atoms with van der Waals surface area (Å²) in [6.45, 7) is 1.45. The molecular weight excluding hydrogens is 338 g/mol. The van der Waals surface area contributed by atoms with Gasteiger partial charge in [0.15, 0.2) is 5.13 Å². The van der Waals surface area contributed by atoms with E-state index in [1.54, 1.807) is 7.11 Å². The molecule has 6 nitrogen and oxygen atoms in total. The van der Waals surface area contributed by atoms with E-state index in [9.17, 15) is 4.79 Å². The highest BCUT2D eigenvalue weighted by Gasteiger charge is 2.39. The second-order valence-corrected chi connectivity index (χ2v) is 6.41. The Morgan fingerprint density at radius 1 is 1.48 bits per heavy atom. The zero-order valence-corrected chi connectivity index (χ0v) is 14.5. The summed E-state index contributed by atoms with van der Waals surface area (Å²) in [5.74, 6) is 0.630. The number of thiazole rings is 1. The number of amides is 1. The number of halogens is 1. The Kier molecular flexibility index (Phi) is 5.80. The van der Waals surface area contributed by atoms with Gasteiger partial charge in [-0.2, -0.15) is 0 Å². The van der Waals surface area contributed by atoms with Crippen molar-refractivity contribution in [2.45, 2.75) is 12.8 Å². The predicted molar refractivity (Wildman–Crippen MR) is 93.6 cm³/mol. The predicted octanol–water partition coefficient (Wildman–Crippen LogP) is 2.42. The summed E-state index contributed by atoms with van der Waals surface area (Å²) in [5.41, 5.74) is 6.07.